The number of hydrogen-bond donors (Lipinski definition) is 1. The zero-order valence-corrected chi connectivity index (χ0v) is 6.28. The van der Waals surface area contributed by atoms with Crippen molar-refractivity contribution in [1.82, 2.24) is 0 Å². The summed E-state index contributed by atoms with van der Waals surface area (Å²) in [5.41, 5.74) is 0. The minimum absolute atomic E-state index is 1.88. The number of hydrogen-bond acceptors (Lipinski definition) is 3. The molecule has 0 saturated heterocycles. The highest BCUT2D eigenvalue weighted by molar-refractivity contribution is 7.47. The quantitative estimate of drug-likeness (QED) is 0.600. The predicted molar refractivity (Wildman–Crippen MR) is 24.1 cm³/mol. The second kappa shape index (κ2) is 3.45. The van der Waals surface area contributed by atoms with Crippen LogP contribution in [0.1, 0.15) is 0 Å². The highest BCUT2D eigenvalue weighted by Crippen LogP contribution is 2.52. The average Bonchev–Trinajstić information content (AvgIpc) is 1.83. The molecular weight excluding hydrogens is 233 g/mol. The number of rotatable bonds is 3. The fourth-order valence-electron chi connectivity index (χ4n) is 0.211. The van der Waals surface area contributed by atoms with Crippen molar-refractivity contribution in [2.75, 3.05) is 0 Å². The molecule has 0 heterocycles. The van der Waals surface area contributed by atoms with Crippen LogP contribution in [0.4, 0.5) is 26.5 Å². The molecule has 13 heavy (non-hydrogen) atoms. The molecule has 0 saturated carbocycles. The molecule has 0 aliphatic carbocycles. The molecule has 4 nitrogen and oxygen atoms in total. The number of phosphoric ester groups is 1. The van der Waals surface area contributed by atoms with Crippen LogP contribution in [-0.4, -0.2) is 17.2 Å². The zero-order chi connectivity index (χ0) is 10.9. The van der Waals surface area contributed by atoms with Gasteiger partial charge in [0.1, 0.15) is 0 Å². The van der Waals surface area contributed by atoms with Crippen LogP contribution >= 0.6 is 7.82 Å². The SMILES string of the molecule is O=P(O)(OF)OC(F)(F)C(F)(F)F. The van der Waals surface area contributed by atoms with Gasteiger partial charge >= 0.3 is 20.1 Å². The fourth-order valence-corrected chi connectivity index (χ4v) is 0.632. The molecule has 0 aliphatic heterocycles. The first-order valence-electron chi connectivity index (χ1n) is 2.30. The van der Waals surface area contributed by atoms with Crippen molar-refractivity contribution < 1.29 is 45.2 Å². The van der Waals surface area contributed by atoms with Crippen LogP contribution in [0.15, 0.2) is 0 Å². The molecule has 1 unspecified atom stereocenters. The van der Waals surface area contributed by atoms with E-state index < -0.39 is 20.1 Å². The molecule has 0 aromatic heterocycles. The van der Waals surface area contributed by atoms with E-state index in [-0.39, 0.29) is 0 Å². The Kier molecular flexibility index (Phi) is 3.36. The summed E-state index contributed by atoms with van der Waals surface area (Å²) in [6, 6.07) is 0. The van der Waals surface area contributed by atoms with Crippen molar-refractivity contribution in [2.24, 2.45) is 0 Å². The fraction of sp³-hybridized carbons (Fsp3) is 1.00. The van der Waals surface area contributed by atoms with E-state index in [1.54, 1.807) is 0 Å². The summed E-state index contributed by atoms with van der Waals surface area (Å²) in [5.74, 6) is 0. The number of alkyl halides is 5. The van der Waals surface area contributed by atoms with Gasteiger partial charge < -0.3 is 4.89 Å². The van der Waals surface area contributed by atoms with Crippen LogP contribution in [0.3, 0.4) is 0 Å². The summed E-state index contributed by atoms with van der Waals surface area (Å²) < 4.78 is 81.7. The van der Waals surface area contributed by atoms with Gasteiger partial charge in [-0.05, 0) is 4.53 Å². The summed E-state index contributed by atoms with van der Waals surface area (Å²) >= 11 is 0. The smallest absolute Gasteiger partial charge is 0.301 e. The monoisotopic (exact) mass is 234 g/mol. The molecule has 0 radical (unpaired) electrons. The molecule has 0 rings (SSSR count). The largest absolute Gasteiger partial charge is 0.508 e. The molecule has 1 N–H and O–H groups in total. The molecule has 0 aromatic carbocycles. The Morgan fingerprint density at radius 2 is 1.54 bits per heavy atom. The van der Waals surface area contributed by atoms with Gasteiger partial charge in [-0.15, -0.1) is 0 Å². The Hall–Kier alpha value is -0.310. The van der Waals surface area contributed by atoms with E-state index in [9.17, 15) is 31.0 Å². The second-order valence-electron chi connectivity index (χ2n) is 1.64. The maximum absolute atomic E-state index is 11.7. The second-order valence-corrected chi connectivity index (χ2v) is 2.90. The Balaban J connectivity index is 4.62. The van der Waals surface area contributed by atoms with Gasteiger partial charge in [-0.3, -0.25) is 0 Å². The van der Waals surface area contributed by atoms with E-state index >= 15 is 0 Å². The molecule has 0 aromatic rings. The Morgan fingerprint density at radius 3 is 1.77 bits per heavy atom. The highest BCUT2D eigenvalue weighted by Gasteiger charge is 2.63. The maximum Gasteiger partial charge on any atom is 0.508 e. The van der Waals surface area contributed by atoms with Crippen molar-refractivity contribution in [2.45, 2.75) is 12.3 Å². The lowest BCUT2D eigenvalue weighted by Gasteiger charge is -2.19. The van der Waals surface area contributed by atoms with E-state index in [4.69, 9.17) is 4.89 Å². The van der Waals surface area contributed by atoms with Crippen LogP contribution in [-0.2, 0) is 13.8 Å². The average molecular weight is 234 g/mol. The van der Waals surface area contributed by atoms with E-state index in [1.807, 2.05) is 4.73 Å². The molecular formula is C2HF6O4P. The molecule has 11 heteroatoms. The number of halogens is 6. The van der Waals surface area contributed by atoms with Crippen molar-refractivity contribution in [3.8, 4) is 0 Å². The molecule has 0 spiro atoms. The third-order valence-corrected chi connectivity index (χ3v) is 1.28. The van der Waals surface area contributed by atoms with Gasteiger partial charge in [-0.1, -0.05) is 4.73 Å². The molecule has 0 bridgehead atoms. The van der Waals surface area contributed by atoms with E-state index in [2.05, 4.69) is 4.52 Å². The van der Waals surface area contributed by atoms with Gasteiger partial charge in [0.15, 0.2) is 0 Å². The molecule has 0 fully saturated rings. The van der Waals surface area contributed by atoms with Gasteiger partial charge in [-0.2, -0.15) is 22.0 Å². The summed E-state index contributed by atoms with van der Waals surface area (Å²) in [4.78, 5) is 7.78. The normalized spacial score (nSPS) is 18.4. The lowest BCUT2D eigenvalue weighted by atomic mass is 10.6. The Labute approximate surface area is 66.6 Å². The summed E-state index contributed by atoms with van der Waals surface area (Å²) in [6.45, 7) is 0. The highest BCUT2D eigenvalue weighted by atomic mass is 31.2. The van der Waals surface area contributed by atoms with Gasteiger partial charge in [0, 0.05) is 0 Å². The summed E-state index contributed by atoms with van der Waals surface area (Å²) in [5, 5.41) is 0. The first-order valence-corrected chi connectivity index (χ1v) is 3.80. The van der Waals surface area contributed by atoms with Crippen LogP contribution in [0.5, 0.6) is 0 Å². The molecule has 1 atom stereocenters. The van der Waals surface area contributed by atoms with E-state index in [1.165, 1.54) is 0 Å². The summed E-state index contributed by atoms with van der Waals surface area (Å²) in [7, 11) is -6.03. The topological polar surface area (TPSA) is 55.8 Å². The third kappa shape index (κ3) is 3.51. The predicted octanol–water partition coefficient (Wildman–Crippen LogP) is 2.16. The Bertz CT molecular complexity index is 223. The first-order chi connectivity index (χ1) is 5.52. The molecule has 0 aliphatic rings. The lowest BCUT2D eigenvalue weighted by molar-refractivity contribution is -0.367. The first kappa shape index (κ1) is 12.7. The van der Waals surface area contributed by atoms with Crippen molar-refractivity contribution in [3.05, 3.63) is 0 Å². The molecule has 0 amide bonds. The van der Waals surface area contributed by atoms with Crippen molar-refractivity contribution in [3.63, 3.8) is 0 Å². The zero-order valence-electron chi connectivity index (χ0n) is 5.39. The van der Waals surface area contributed by atoms with Crippen LogP contribution in [0.25, 0.3) is 0 Å². The van der Waals surface area contributed by atoms with E-state index in [0.717, 1.165) is 0 Å². The van der Waals surface area contributed by atoms with Crippen LogP contribution in [0.2, 0.25) is 0 Å². The van der Waals surface area contributed by atoms with Gasteiger partial charge in [0.05, 0.1) is 0 Å². The van der Waals surface area contributed by atoms with Gasteiger partial charge in [-0.25, -0.2) is 9.09 Å². The Morgan fingerprint density at radius 1 is 1.15 bits per heavy atom. The third-order valence-electron chi connectivity index (χ3n) is 0.647. The molecule has 80 valence electrons. The van der Waals surface area contributed by atoms with Gasteiger partial charge in [0.2, 0.25) is 0 Å². The standard InChI is InChI=1S/C2HF6O4P/c3-1(4,5)2(6,7)11-13(9,10)12-8/h(H,9,10). The number of phosphoric acid groups is 1. The van der Waals surface area contributed by atoms with E-state index in [0.29, 0.717) is 0 Å². The summed E-state index contributed by atoms with van der Waals surface area (Å²) in [6.07, 6.45) is -12.2. The maximum atomic E-state index is 11.7. The van der Waals surface area contributed by atoms with Crippen LogP contribution < -0.4 is 0 Å². The van der Waals surface area contributed by atoms with Gasteiger partial charge in [0.25, 0.3) is 0 Å². The van der Waals surface area contributed by atoms with Crippen molar-refractivity contribution >= 4 is 7.82 Å². The van der Waals surface area contributed by atoms with Crippen molar-refractivity contribution in [1.29, 1.82) is 0 Å². The minimum Gasteiger partial charge on any atom is -0.301 e. The van der Waals surface area contributed by atoms with Crippen LogP contribution in [0, 0.1) is 0 Å². The lowest BCUT2D eigenvalue weighted by Crippen LogP contribution is -2.38. The minimum atomic E-state index is -6.23.